The zero-order valence-electron chi connectivity index (χ0n) is 11.3. The molecule has 0 aliphatic rings. The van der Waals surface area contributed by atoms with Crippen LogP contribution in [0.5, 0.6) is 5.75 Å². The standard InChI is InChI=1S/C14H22ClNO2/c1-11(2)16-10-12-5-6-14(13(15)9-12)18-8-4-7-17-3/h5-6,9,11,16H,4,7-8,10H2,1-3H3. The van der Waals surface area contributed by atoms with Crippen molar-refractivity contribution in [3.8, 4) is 5.75 Å². The van der Waals surface area contributed by atoms with E-state index in [-0.39, 0.29) is 0 Å². The average molecular weight is 272 g/mol. The summed E-state index contributed by atoms with van der Waals surface area (Å²) in [4.78, 5) is 0. The predicted molar refractivity (Wildman–Crippen MR) is 75.4 cm³/mol. The lowest BCUT2D eigenvalue weighted by atomic mass is 10.2. The van der Waals surface area contributed by atoms with Gasteiger partial charge in [0, 0.05) is 32.7 Å². The van der Waals surface area contributed by atoms with E-state index in [0.717, 1.165) is 24.3 Å². The smallest absolute Gasteiger partial charge is 0.137 e. The zero-order valence-corrected chi connectivity index (χ0v) is 12.1. The quantitative estimate of drug-likeness (QED) is 0.736. The third kappa shape index (κ3) is 5.71. The molecule has 3 nitrogen and oxygen atoms in total. The average Bonchev–Trinajstić information content (AvgIpc) is 2.34. The van der Waals surface area contributed by atoms with E-state index in [4.69, 9.17) is 21.1 Å². The minimum absolute atomic E-state index is 0.466. The number of hydrogen-bond donors (Lipinski definition) is 1. The predicted octanol–water partition coefficient (Wildman–Crippen LogP) is 3.25. The van der Waals surface area contributed by atoms with Crippen molar-refractivity contribution >= 4 is 11.6 Å². The SMILES string of the molecule is COCCCOc1ccc(CNC(C)C)cc1Cl. The highest BCUT2D eigenvalue weighted by molar-refractivity contribution is 6.32. The number of benzene rings is 1. The molecular formula is C14H22ClNO2. The molecule has 1 aromatic rings. The lowest BCUT2D eigenvalue weighted by molar-refractivity contribution is 0.172. The van der Waals surface area contributed by atoms with Crippen LogP contribution in [0.3, 0.4) is 0 Å². The lowest BCUT2D eigenvalue weighted by Crippen LogP contribution is -2.21. The number of rotatable bonds is 8. The van der Waals surface area contributed by atoms with Crippen molar-refractivity contribution in [2.75, 3.05) is 20.3 Å². The van der Waals surface area contributed by atoms with Crippen LogP contribution in [-0.2, 0) is 11.3 Å². The topological polar surface area (TPSA) is 30.5 Å². The van der Waals surface area contributed by atoms with E-state index < -0.39 is 0 Å². The van der Waals surface area contributed by atoms with E-state index in [2.05, 4.69) is 19.2 Å². The van der Waals surface area contributed by atoms with Crippen molar-refractivity contribution in [3.05, 3.63) is 28.8 Å². The molecule has 0 atom stereocenters. The van der Waals surface area contributed by atoms with Gasteiger partial charge in [0.2, 0.25) is 0 Å². The molecule has 0 aliphatic heterocycles. The van der Waals surface area contributed by atoms with Crippen LogP contribution in [0.4, 0.5) is 0 Å². The van der Waals surface area contributed by atoms with Crippen LogP contribution in [0.2, 0.25) is 5.02 Å². The van der Waals surface area contributed by atoms with Crippen LogP contribution in [0.1, 0.15) is 25.8 Å². The Morgan fingerprint density at radius 1 is 1.28 bits per heavy atom. The highest BCUT2D eigenvalue weighted by Crippen LogP contribution is 2.25. The van der Waals surface area contributed by atoms with E-state index >= 15 is 0 Å². The molecule has 0 unspecified atom stereocenters. The second kappa shape index (κ2) is 8.35. The lowest BCUT2D eigenvalue weighted by Gasteiger charge is -2.11. The summed E-state index contributed by atoms with van der Waals surface area (Å²) < 4.78 is 10.5. The molecule has 1 N–H and O–H groups in total. The first-order chi connectivity index (χ1) is 8.63. The van der Waals surface area contributed by atoms with Crippen molar-refractivity contribution in [2.24, 2.45) is 0 Å². The van der Waals surface area contributed by atoms with Crippen molar-refractivity contribution in [1.29, 1.82) is 0 Å². The molecule has 0 radical (unpaired) electrons. The molecule has 0 aromatic heterocycles. The van der Waals surface area contributed by atoms with Gasteiger partial charge in [0.25, 0.3) is 0 Å². The molecule has 0 amide bonds. The molecule has 4 heteroatoms. The van der Waals surface area contributed by atoms with Gasteiger partial charge < -0.3 is 14.8 Å². The molecule has 0 aliphatic carbocycles. The van der Waals surface area contributed by atoms with Crippen molar-refractivity contribution in [2.45, 2.75) is 32.9 Å². The van der Waals surface area contributed by atoms with E-state index in [1.165, 1.54) is 0 Å². The second-order valence-electron chi connectivity index (χ2n) is 4.50. The summed E-state index contributed by atoms with van der Waals surface area (Å²) in [6, 6.07) is 6.37. The molecule has 102 valence electrons. The Morgan fingerprint density at radius 3 is 2.67 bits per heavy atom. The summed E-state index contributed by atoms with van der Waals surface area (Å²) in [5.41, 5.74) is 1.16. The highest BCUT2D eigenvalue weighted by atomic mass is 35.5. The zero-order chi connectivity index (χ0) is 13.4. The Balaban J connectivity index is 2.46. The molecule has 0 heterocycles. The first-order valence-electron chi connectivity index (χ1n) is 6.27. The van der Waals surface area contributed by atoms with Gasteiger partial charge in [0.1, 0.15) is 5.75 Å². The summed E-state index contributed by atoms with van der Waals surface area (Å²) in [6.45, 7) is 6.39. The van der Waals surface area contributed by atoms with Gasteiger partial charge in [-0.25, -0.2) is 0 Å². The summed E-state index contributed by atoms with van der Waals surface area (Å²) in [6.07, 6.45) is 0.865. The number of halogens is 1. The molecular weight excluding hydrogens is 250 g/mol. The van der Waals surface area contributed by atoms with E-state index in [9.17, 15) is 0 Å². The van der Waals surface area contributed by atoms with Crippen LogP contribution in [-0.4, -0.2) is 26.4 Å². The molecule has 0 spiro atoms. The molecule has 1 rings (SSSR count). The van der Waals surface area contributed by atoms with Gasteiger partial charge in [-0.1, -0.05) is 31.5 Å². The first kappa shape index (κ1) is 15.3. The van der Waals surface area contributed by atoms with Gasteiger partial charge in [0.05, 0.1) is 11.6 Å². The Hall–Kier alpha value is -0.770. The summed E-state index contributed by atoms with van der Waals surface area (Å²) in [5, 5.41) is 4.01. The highest BCUT2D eigenvalue weighted by Gasteiger charge is 2.03. The van der Waals surface area contributed by atoms with Gasteiger partial charge in [-0.15, -0.1) is 0 Å². The maximum absolute atomic E-state index is 6.17. The fourth-order valence-electron chi connectivity index (χ4n) is 1.48. The van der Waals surface area contributed by atoms with Crippen LogP contribution in [0.25, 0.3) is 0 Å². The van der Waals surface area contributed by atoms with Gasteiger partial charge in [-0.3, -0.25) is 0 Å². The Kier molecular flexibility index (Phi) is 7.09. The number of nitrogens with one attached hydrogen (secondary N) is 1. The molecule has 0 fully saturated rings. The molecule has 0 bridgehead atoms. The molecule has 0 saturated carbocycles. The van der Waals surface area contributed by atoms with Crippen molar-refractivity contribution in [1.82, 2.24) is 5.32 Å². The van der Waals surface area contributed by atoms with Crippen LogP contribution >= 0.6 is 11.6 Å². The van der Waals surface area contributed by atoms with Gasteiger partial charge in [0.15, 0.2) is 0 Å². The Labute approximate surface area is 114 Å². The minimum Gasteiger partial charge on any atom is -0.492 e. The normalized spacial score (nSPS) is 10.9. The summed E-state index contributed by atoms with van der Waals surface area (Å²) in [7, 11) is 1.68. The van der Waals surface area contributed by atoms with E-state index in [1.807, 2.05) is 18.2 Å². The number of methoxy groups -OCH3 is 1. The van der Waals surface area contributed by atoms with Gasteiger partial charge >= 0.3 is 0 Å². The maximum Gasteiger partial charge on any atom is 0.137 e. The minimum atomic E-state index is 0.466. The first-order valence-corrected chi connectivity index (χ1v) is 6.65. The number of ether oxygens (including phenoxy) is 2. The fourth-order valence-corrected chi connectivity index (χ4v) is 1.74. The molecule has 1 aromatic carbocycles. The van der Waals surface area contributed by atoms with Crippen LogP contribution in [0, 0.1) is 0 Å². The van der Waals surface area contributed by atoms with E-state index in [1.54, 1.807) is 7.11 Å². The Morgan fingerprint density at radius 2 is 2.06 bits per heavy atom. The van der Waals surface area contributed by atoms with Gasteiger partial charge in [-0.2, -0.15) is 0 Å². The van der Waals surface area contributed by atoms with E-state index in [0.29, 0.717) is 24.3 Å². The molecule has 0 saturated heterocycles. The second-order valence-corrected chi connectivity index (χ2v) is 4.90. The molecule has 18 heavy (non-hydrogen) atoms. The third-order valence-electron chi connectivity index (χ3n) is 2.46. The Bertz CT molecular complexity index is 356. The maximum atomic E-state index is 6.17. The number of hydrogen-bond acceptors (Lipinski definition) is 3. The van der Waals surface area contributed by atoms with Gasteiger partial charge in [-0.05, 0) is 17.7 Å². The summed E-state index contributed by atoms with van der Waals surface area (Å²) >= 11 is 6.17. The third-order valence-corrected chi connectivity index (χ3v) is 2.76. The van der Waals surface area contributed by atoms with Crippen molar-refractivity contribution in [3.63, 3.8) is 0 Å². The fraction of sp³-hybridized carbons (Fsp3) is 0.571. The summed E-state index contributed by atoms with van der Waals surface area (Å²) in [5.74, 6) is 0.737. The van der Waals surface area contributed by atoms with Crippen molar-refractivity contribution < 1.29 is 9.47 Å². The van der Waals surface area contributed by atoms with Crippen LogP contribution < -0.4 is 10.1 Å². The largest absolute Gasteiger partial charge is 0.492 e. The van der Waals surface area contributed by atoms with Crippen LogP contribution in [0.15, 0.2) is 18.2 Å². The monoisotopic (exact) mass is 271 g/mol.